The van der Waals surface area contributed by atoms with E-state index in [2.05, 4.69) is 41.7 Å². The Morgan fingerprint density at radius 3 is 2.03 bits per heavy atom. The minimum absolute atomic E-state index is 0.0333. The average molecular weight is 1310 g/mol. The normalized spacial score (nSPS) is 16.4. The molecule has 0 radical (unpaired) electrons. The number of likely N-dealkylation sites (N-methyl/N-ethyl adjacent to an activating group) is 2. The van der Waals surface area contributed by atoms with Crippen molar-refractivity contribution in [2.45, 2.75) is 175 Å². The number of nitrogens with zero attached hydrogens (tertiary/aromatic N) is 4. The van der Waals surface area contributed by atoms with Crippen LogP contribution in [0.1, 0.15) is 129 Å². The van der Waals surface area contributed by atoms with Crippen LogP contribution in [0.15, 0.2) is 66.2 Å². The highest BCUT2D eigenvalue weighted by atomic mass is 32.1. The molecule has 0 spiro atoms. The van der Waals surface area contributed by atoms with Gasteiger partial charge in [-0.05, 0) is 79.0 Å². The number of rotatable bonds is 39. The van der Waals surface area contributed by atoms with Crippen LogP contribution in [-0.2, 0) is 70.4 Å². The van der Waals surface area contributed by atoms with E-state index in [1.54, 1.807) is 82.1 Å². The maximum Gasteiger partial charge on any atom is 0.410 e. The molecular formula is C65H102N12O14S. The molecule has 1 aromatic heterocycles. The monoisotopic (exact) mass is 1310 g/mol. The molecule has 10 N–H and O–H groups in total. The maximum absolute atomic E-state index is 14.9. The largest absolute Gasteiger partial charge is 0.445 e. The summed E-state index contributed by atoms with van der Waals surface area (Å²) in [6.45, 7) is 17.2. The number of carbonyl (C=O) groups excluding carboxylic acids is 9. The van der Waals surface area contributed by atoms with Crippen LogP contribution in [0.5, 0.6) is 0 Å². The van der Waals surface area contributed by atoms with E-state index in [0.717, 1.165) is 10.6 Å². The van der Waals surface area contributed by atoms with Gasteiger partial charge in [-0.1, -0.05) is 111 Å². The van der Waals surface area contributed by atoms with Gasteiger partial charge in [0.2, 0.25) is 41.4 Å². The van der Waals surface area contributed by atoms with Crippen LogP contribution >= 0.6 is 11.3 Å². The van der Waals surface area contributed by atoms with Gasteiger partial charge < -0.3 is 71.2 Å². The first-order valence-corrected chi connectivity index (χ1v) is 32.6. The molecule has 1 saturated heterocycles. The second kappa shape index (κ2) is 39.3. The lowest BCUT2D eigenvalue weighted by atomic mass is 9.89. The highest BCUT2D eigenvalue weighted by Gasteiger charge is 2.44. The zero-order valence-corrected chi connectivity index (χ0v) is 56.7. The summed E-state index contributed by atoms with van der Waals surface area (Å²) < 4.78 is 23.2. The van der Waals surface area contributed by atoms with E-state index in [4.69, 9.17) is 30.6 Å². The summed E-state index contributed by atoms with van der Waals surface area (Å²) in [5.41, 5.74) is 7.17. The summed E-state index contributed by atoms with van der Waals surface area (Å²) in [4.78, 5) is 137. The van der Waals surface area contributed by atoms with Crippen LogP contribution in [0.3, 0.4) is 0 Å². The van der Waals surface area contributed by atoms with Crippen LogP contribution in [-0.4, -0.2) is 183 Å². The molecule has 27 heteroatoms. The van der Waals surface area contributed by atoms with Crippen molar-refractivity contribution in [2.24, 2.45) is 41.2 Å². The summed E-state index contributed by atoms with van der Waals surface area (Å²) in [6, 6.07) is 9.96. The van der Waals surface area contributed by atoms with E-state index in [-0.39, 0.29) is 88.3 Å². The predicted octanol–water partition coefficient (Wildman–Crippen LogP) is 5.21. The molecule has 26 nitrogen and oxygen atoms in total. The molecule has 0 aliphatic carbocycles. The van der Waals surface area contributed by atoms with Crippen LogP contribution < -0.4 is 43.5 Å². The first kappa shape index (κ1) is 77.1. The second-order valence-electron chi connectivity index (χ2n) is 24.5. The Bertz CT molecular complexity index is 2800. The van der Waals surface area contributed by atoms with Gasteiger partial charge in [0.05, 0.1) is 62.5 Å². The number of anilines is 1. The van der Waals surface area contributed by atoms with E-state index in [0.29, 0.717) is 43.5 Å². The number of hydrogen-bond acceptors (Lipinski definition) is 17. The third-order valence-electron chi connectivity index (χ3n) is 16.7. The van der Waals surface area contributed by atoms with Crippen molar-refractivity contribution in [1.82, 2.24) is 46.3 Å². The lowest BCUT2D eigenvalue weighted by Crippen LogP contribution is -2.60. The van der Waals surface area contributed by atoms with Crippen molar-refractivity contribution in [3.8, 4) is 0 Å². The molecular weight excluding hydrogens is 1200 g/mol. The number of ether oxygens (including phenoxy) is 4. The zero-order chi connectivity index (χ0) is 68.2. The standard InChI is InChI=1S/C65H102N12O14S/c1-14-42(8)56(50(87-12)37-52(79)77-31-19-23-49(77)57(88-13)43(9)58(80)72-48(62-68-30-35-92-62)36-44-20-16-15-17-21-44)75(10)63(84)54(40(4)5)74-61(83)55(41(6)7)76(11)65(86)90-38-45-24-26-46(27-25-45)70-59(81)47(22-18-29-69-64(66)85)71-60(82)53(39(2)3)73-51(78)28-32-89-33-34-91-67/h15-17,20-21,24-27,30,35,39-43,47-50,53-57H,14,18-19,22-23,28-29,31-34,36-38,67H2,1-13H3,(H,70,81)(H,71,82)(H,72,80)(H,73,78)(H,74,83)(H3,66,69,85)/t42-,43+,47-,48-,49-,50+,53-,54-,55-,56?,57+/m0/s1. The maximum atomic E-state index is 14.9. The van der Waals surface area contributed by atoms with Crippen molar-refractivity contribution in [3.63, 3.8) is 0 Å². The minimum Gasteiger partial charge on any atom is -0.445 e. The van der Waals surface area contributed by atoms with Crippen molar-refractivity contribution in [1.29, 1.82) is 0 Å². The number of nitrogens with one attached hydrogen (secondary N) is 6. The van der Waals surface area contributed by atoms with Gasteiger partial charge >= 0.3 is 12.1 Å². The van der Waals surface area contributed by atoms with Gasteiger partial charge in [0.1, 0.15) is 35.8 Å². The van der Waals surface area contributed by atoms with E-state index in [1.165, 1.54) is 30.4 Å². The van der Waals surface area contributed by atoms with E-state index in [9.17, 15) is 43.2 Å². The number of likely N-dealkylation sites (tertiary alicyclic amines) is 1. The fourth-order valence-electron chi connectivity index (χ4n) is 11.4. The van der Waals surface area contributed by atoms with Gasteiger partial charge in [-0.2, -0.15) is 0 Å². The average Bonchev–Trinajstić information content (AvgIpc) is 1.35. The molecule has 1 fully saturated rings. The fraction of sp³-hybridized carbons (Fsp3) is 0.631. The van der Waals surface area contributed by atoms with Gasteiger partial charge in [0.15, 0.2) is 0 Å². The van der Waals surface area contributed by atoms with Crippen LogP contribution in [0.4, 0.5) is 15.3 Å². The molecule has 0 saturated carbocycles. The minimum atomic E-state index is -1.09. The molecule has 512 valence electrons. The number of benzene rings is 2. The highest BCUT2D eigenvalue weighted by molar-refractivity contribution is 7.09. The Morgan fingerprint density at radius 2 is 1.45 bits per heavy atom. The summed E-state index contributed by atoms with van der Waals surface area (Å²) in [5, 5.41) is 19.5. The number of urea groups is 1. The van der Waals surface area contributed by atoms with Gasteiger partial charge in [0, 0.05) is 65.1 Å². The number of amides is 10. The molecule has 92 heavy (non-hydrogen) atoms. The molecule has 10 amide bonds. The Kier molecular flexibility index (Phi) is 33.0. The Morgan fingerprint density at radius 1 is 0.761 bits per heavy atom. The molecule has 4 rings (SSSR count). The number of thiazole rings is 1. The summed E-state index contributed by atoms with van der Waals surface area (Å²) >= 11 is 1.47. The molecule has 2 aromatic carbocycles. The van der Waals surface area contributed by atoms with Gasteiger partial charge in [-0.25, -0.2) is 20.5 Å². The third-order valence-corrected chi connectivity index (χ3v) is 17.6. The number of methoxy groups -OCH3 is 2. The SMILES string of the molecule is CC[C@H](C)C([C@@H](CC(=O)N1CCC[C@H]1[C@H](OC)[C@@H](C)C(=O)N[C@@H](Cc1ccccc1)c1nccs1)OC)N(C)C(=O)[C@@H](NC(=O)[C@H](C(C)C)N(C)C(=O)OCc1ccc(NC(=O)[C@H](CCCNC(N)=O)NC(=O)[C@@H](NC(=O)CCOCCON)C(C)C)cc1)C(C)C. The van der Waals surface area contributed by atoms with E-state index in [1.807, 2.05) is 70.3 Å². The number of hydrogen-bond donors (Lipinski definition) is 8. The van der Waals surface area contributed by atoms with Crippen molar-refractivity contribution in [2.75, 3.05) is 66.5 Å². The Labute approximate surface area is 546 Å². The molecule has 1 unspecified atom stereocenters. The Hall–Kier alpha value is -7.30. The molecule has 1 aliphatic rings. The summed E-state index contributed by atoms with van der Waals surface area (Å²) in [6.07, 6.45) is 2.28. The lowest BCUT2D eigenvalue weighted by Gasteiger charge is -2.41. The van der Waals surface area contributed by atoms with Gasteiger partial charge in [-0.3, -0.25) is 38.5 Å². The predicted molar refractivity (Wildman–Crippen MR) is 349 cm³/mol. The van der Waals surface area contributed by atoms with E-state index >= 15 is 0 Å². The quantitative estimate of drug-likeness (QED) is 0.0268. The zero-order valence-electron chi connectivity index (χ0n) is 55.9. The number of aromatic nitrogens is 1. The smallest absolute Gasteiger partial charge is 0.410 e. The first-order chi connectivity index (χ1) is 43.8. The van der Waals surface area contributed by atoms with Crippen LogP contribution in [0, 0.1) is 29.6 Å². The van der Waals surface area contributed by atoms with Crippen molar-refractivity contribution < 1.29 is 66.9 Å². The number of carbonyl (C=O) groups is 9. The number of nitrogens with two attached hydrogens (primary N) is 2. The molecule has 11 atom stereocenters. The third kappa shape index (κ3) is 23.7. The van der Waals surface area contributed by atoms with Gasteiger partial charge in [0.25, 0.3) is 0 Å². The second-order valence-corrected chi connectivity index (χ2v) is 25.4. The van der Waals surface area contributed by atoms with Crippen LogP contribution in [0.25, 0.3) is 0 Å². The Balaban J connectivity index is 1.40. The fourth-order valence-corrected chi connectivity index (χ4v) is 12.1. The molecule has 1 aliphatic heterocycles. The van der Waals surface area contributed by atoms with Crippen molar-refractivity contribution in [3.05, 3.63) is 82.3 Å². The topological polar surface area (TPSA) is 347 Å². The summed E-state index contributed by atoms with van der Waals surface area (Å²) in [5.74, 6) is -0.0282. The first-order valence-electron chi connectivity index (χ1n) is 31.8. The lowest BCUT2D eigenvalue weighted by molar-refractivity contribution is -0.148. The number of primary amides is 1. The molecule has 2 heterocycles. The van der Waals surface area contributed by atoms with E-state index < -0.39 is 108 Å². The molecule has 0 bridgehead atoms. The van der Waals surface area contributed by atoms with Crippen molar-refractivity contribution >= 4 is 70.5 Å². The highest BCUT2D eigenvalue weighted by Crippen LogP contribution is 2.31. The van der Waals surface area contributed by atoms with Crippen LogP contribution in [0.2, 0.25) is 0 Å². The molecule has 3 aromatic rings. The summed E-state index contributed by atoms with van der Waals surface area (Å²) in [7, 11) is 6.17. The van der Waals surface area contributed by atoms with Gasteiger partial charge in [-0.15, -0.1) is 11.3 Å².